The van der Waals surface area contributed by atoms with Crippen LogP contribution in [-0.2, 0) is 0 Å². The molecule has 0 radical (unpaired) electrons. The van der Waals surface area contributed by atoms with E-state index in [1.54, 1.807) is 18.3 Å². The van der Waals surface area contributed by atoms with Gasteiger partial charge in [-0.3, -0.25) is 4.99 Å². The number of ether oxygens (including phenoxy) is 1. The summed E-state index contributed by atoms with van der Waals surface area (Å²) in [5, 5.41) is 18.2. The van der Waals surface area contributed by atoms with E-state index in [0.29, 0.717) is 24.1 Å². The molecule has 3 aromatic carbocycles. The second-order valence-electron chi connectivity index (χ2n) is 6.24. The summed E-state index contributed by atoms with van der Waals surface area (Å²) in [6.45, 7) is 2.37. The van der Waals surface area contributed by atoms with Crippen molar-refractivity contribution in [2.75, 3.05) is 6.61 Å². The lowest BCUT2D eigenvalue weighted by atomic mass is 10.2. The molecule has 4 aromatic rings. The summed E-state index contributed by atoms with van der Waals surface area (Å²) >= 11 is 0. The van der Waals surface area contributed by atoms with E-state index in [4.69, 9.17) is 9.15 Å². The van der Waals surface area contributed by atoms with Gasteiger partial charge in [-0.2, -0.15) is 0 Å². The zero-order chi connectivity index (χ0) is 20.1. The van der Waals surface area contributed by atoms with Crippen molar-refractivity contribution in [1.29, 1.82) is 0 Å². The number of benzene rings is 3. The van der Waals surface area contributed by atoms with E-state index in [1.165, 1.54) is 0 Å². The molecule has 0 unspecified atom stereocenters. The Kier molecular flexibility index (Phi) is 5.33. The van der Waals surface area contributed by atoms with Gasteiger partial charge >= 0.3 is 0 Å². The maximum absolute atomic E-state index is 9.96. The van der Waals surface area contributed by atoms with Crippen molar-refractivity contribution in [3.8, 4) is 34.4 Å². The monoisotopic (exact) mass is 385 g/mol. The molecule has 0 aliphatic carbocycles. The number of aliphatic imine (C=N–C) groups is 1. The van der Waals surface area contributed by atoms with Crippen LogP contribution in [0.2, 0.25) is 0 Å². The van der Waals surface area contributed by atoms with E-state index < -0.39 is 0 Å². The number of nitrogens with zero attached hydrogens (tertiary/aromatic N) is 3. The summed E-state index contributed by atoms with van der Waals surface area (Å²) in [6, 6.07) is 22.3. The number of aromatic nitrogens is 2. The van der Waals surface area contributed by atoms with Crippen molar-refractivity contribution in [1.82, 2.24) is 10.2 Å². The van der Waals surface area contributed by atoms with Crippen LogP contribution in [0.25, 0.3) is 22.9 Å². The van der Waals surface area contributed by atoms with Gasteiger partial charge in [0.25, 0.3) is 0 Å². The largest absolute Gasteiger partial charge is 0.504 e. The molecule has 1 heterocycles. The van der Waals surface area contributed by atoms with Crippen molar-refractivity contribution < 1.29 is 14.3 Å². The van der Waals surface area contributed by atoms with Crippen LogP contribution in [0.4, 0.5) is 5.69 Å². The first kappa shape index (κ1) is 18.4. The highest BCUT2D eigenvalue weighted by molar-refractivity contribution is 5.83. The van der Waals surface area contributed by atoms with Crippen LogP contribution in [0.5, 0.6) is 11.5 Å². The minimum Gasteiger partial charge on any atom is -0.504 e. The minimum absolute atomic E-state index is 0.0942. The van der Waals surface area contributed by atoms with Crippen LogP contribution in [0.1, 0.15) is 12.5 Å². The molecule has 0 aliphatic rings. The second-order valence-corrected chi connectivity index (χ2v) is 6.24. The Hall–Kier alpha value is -3.93. The fraction of sp³-hybridized carbons (Fsp3) is 0.0870. The highest BCUT2D eigenvalue weighted by Crippen LogP contribution is 2.27. The molecule has 144 valence electrons. The molecule has 1 N–H and O–H groups in total. The maximum atomic E-state index is 9.96. The van der Waals surface area contributed by atoms with Crippen LogP contribution in [0, 0.1) is 0 Å². The van der Waals surface area contributed by atoms with Crippen LogP contribution in [0.15, 0.2) is 82.2 Å². The highest BCUT2D eigenvalue weighted by Gasteiger charge is 2.10. The number of hydrogen-bond donors (Lipinski definition) is 1. The first-order valence-electron chi connectivity index (χ1n) is 9.22. The average molecular weight is 385 g/mol. The lowest BCUT2D eigenvalue weighted by molar-refractivity contribution is 0.318. The first-order valence-corrected chi connectivity index (χ1v) is 9.22. The zero-order valence-electron chi connectivity index (χ0n) is 15.8. The van der Waals surface area contributed by atoms with Gasteiger partial charge in [0.1, 0.15) is 0 Å². The number of hydrogen-bond acceptors (Lipinski definition) is 6. The van der Waals surface area contributed by atoms with Crippen molar-refractivity contribution in [2.24, 2.45) is 4.99 Å². The van der Waals surface area contributed by atoms with Crippen LogP contribution in [-0.4, -0.2) is 28.1 Å². The summed E-state index contributed by atoms with van der Waals surface area (Å²) in [4.78, 5) is 4.44. The molecule has 0 saturated carbocycles. The fourth-order valence-electron chi connectivity index (χ4n) is 2.77. The summed E-state index contributed by atoms with van der Waals surface area (Å²) in [6.07, 6.45) is 1.69. The number of aromatic hydroxyl groups is 1. The molecule has 0 fully saturated rings. The van der Waals surface area contributed by atoms with Gasteiger partial charge in [0, 0.05) is 17.3 Å². The second kappa shape index (κ2) is 8.39. The summed E-state index contributed by atoms with van der Waals surface area (Å²) in [5.41, 5.74) is 3.24. The predicted molar refractivity (Wildman–Crippen MR) is 112 cm³/mol. The first-order chi connectivity index (χ1) is 14.2. The van der Waals surface area contributed by atoms with Crippen molar-refractivity contribution in [3.63, 3.8) is 0 Å². The number of phenols is 1. The van der Waals surface area contributed by atoms with Gasteiger partial charge in [-0.15, -0.1) is 10.2 Å². The highest BCUT2D eigenvalue weighted by atomic mass is 16.5. The van der Waals surface area contributed by atoms with E-state index in [2.05, 4.69) is 15.2 Å². The Balaban J connectivity index is 1.48. The normalized spacial score (nSPS) is 11.1. The third-order valence-corrected chi connectivity index (χ3v) is 4.21. The van der Waals surface area contributed by atoms with Gasteiger partial charge < -0.3 is 14.3 Å². The number of rotatable bonds is 6. The standard InChI is InChI=1S/C23H19N3O3/c1-2-28-21-13-8-16(14-20(21)27)15-24-19-11-9-18(10-12-19)23-26-25-22(29-23)17-6-4-3-5-7-17/h3-15,27H,2H2,1H3. The molecule has 0 amide bonds. The van der Waals surface area contributed by atoms with Gasteiger partial charge in [0.15, 0.2) is 11.5 Å². The van der Waals surface area contributed by atoms with E-state index in [-0.39, 0.29) is 5.75 Å². The van der Waals surface area contributed by atoms with Crippen LogP contribution < -0.4 is 4.74 Å². The van der Waals surface area contributed by atoms with Gasteiger partial charge in [0.2, 0.25) is 11.8 Å². The SMILES string of the molecule is CCOc1ccc(C=Nc2ccc(-c3nnc(-c4ccccc4)o3)cc2)cc1O. The Morgan fingerprint density at radius 1 is 0.931 bits per heavy atom. The molecular weight excluding hydrogens is 366 g/mol. The van der Waals surface area contributed by atoms with E-state index in [0.717, 1.165) is 22.4 Å². The molecule has 0 atom stereocenters. The molecule has 29 heavy (non-hydrogen) atoms. The molecule has 6 nitrogen and oxygen atoms in total. The van der Waals surface area contributed by atoms with Gasteiger partial charge in [-0.05, 0) is 67.1 Å². The lowest BCUT2D eigenvalue weighted by Gasteiger charge is -2.05. The third kappa shape index (κ3) is 4.32. The van der Waals surface area contributed by atoms with E-state index >= 15 is 0 Å². The molecule has 4 rings (SSSR count). The van der Waals surface area contributed by atoms with Gasteiger partial charge in [0.05, 0.1) is 12.3 Å². The van der Waals surface area contributed by atoms with Crippen molar-refractivity contribution in [2.45, 2.75) is 6.92 Å². The Bertz CT molecular complexity index is 1120. The number of phenolic OH excluding ortho intramolecular Hbond substituents is 1. The molecule has 0 saturated heterocycles. The summed E-state index contributed by atoms with van der Waals surface area (Å²) in [5.74, 6) is 1.49. The van der Waals surface area contributed by atoms with Gasteiger partial charge in [-0.25, -0.2) is 0 Å². The maximum Gasteiger partial charge on any atom is 0.248 e. The molecular formula is C23H19N3O3. The van der Waals surface area contributed by atoms with Gasteiger partial charge in [-0.1, -0.05) is 18.2 Å². The lowest BCUT2D eigenvalue weighted by Crippen LogP contribution is -1.92. The van der Waals surface area contributed by atoms with E-state index in [1.807, 2.05) is 67.6 Å². The topological polar surface area (TPSA) is 80.7 Å². The minimum atomic E-state index is 0.0942. The Labute approximate surface area is 168 Å². The fourth-order valence-corrected chi connectivity index (χ4v) is 2.77. The average Bonchev–Trinajstić information content (AvgIpc) is 3.25. The van der Waals surface area contributed by atoms with Crippen LogP contribution in [0.3, 0.4) is 0 Å². The molecule has 6 heteroatoms. The predicted octanol–water partition coefficient (Wildman–Crippen LogP) is 5.26. The van der Waals surface area contributed by atoms with Crippen LogP contribution >= 0.6 is 0 Å². The molecule has 1 aromatic heterocycles. The molecule has 0 aliphatic heterocycles. The van der Waals surface area contributed by atoms with E-state index in [9.17, 15) is 5.11 Å². The van der Waals surface area contributed by atoms with Crippen molar-refractivity contribution >= 4 is 11.9 Å². The quantitative estimate of drug-likeness (QED) is 0.458. The third-order valence-electron chi connectivity index (χ3n) is 4.21. The Morgan fingerprint density at radius 2 is 1.62 bits per heavy atom. The summed E-state index contributed by atoms with van der Waals surface area (Å²) < 4.78 is 11.1. The van der Waals surface area contributed by atoms with Crippen molar-refractivity contribution in [3.05, 3.63) is 78.4 Å². The zero-order valence-corrected chi connectivity index (χ0v) is 15.8. The molecule has 0 spiro atoms. The molecule has 0 bridgehead atoms. The Morgan fingerprint density at radius 3 is 2.28 bits per heavy atom. The smallest absolute Gasteiger partial charge is 0.248 e. The summed E-state index contributed by atoms with van der Waals surface area (Å²) in [7, 11) is 0.